The van der Waals surface area contributed by atoms with Gasteiger partial charge in [0.05, 0.1) is 25.0 Å². The Hall–Kier alpha value is -2.67. The first-order chi connectivity index (χ1) is 15.6. The molecule has 2 N–H and O–H groups in total. The lowest BCUT2D eigenvalue weighted by molar-refractivity contribution is 0.109. The Morgan fingerprint density at radius 3 is 2.69 bits per heavy atom. The number of benzene rings is 1. The summed E-state index contributed by atoms with van der Waals surface area (Å²) in [5.41, 5.74) is 1.90. The second-order valence-electron chi connectivity index (χ2n) is 9.50. The van der Waals surface area contributed by atoms with Crippen LogP contribution in [0.1, 0.15) is 43.4 Å². The molecule has 32 heavy (non-hydrogen) atoms. The fourth-order valence-electron chi connectivity index (χ4n) is 4.64. The zero-order valence-electron chi connectivity index (χ0n) is 18.4. The number of pyridine rings is 1. The minimum atomic E-state index is -0.366. The highest BCUT2D eigenvalue weighted by Crippen LogP contribution is 2.52. The maximum absolute atomic E-state index is 13.3. The summed E-state index contributed by atoms with van der Waals surface area (Å²) >= 11 is 0. The number of ether oxygens (including phenoxy) is 1. The maximum atomic E-state index is 13.3. The van der Waals surface area contributed by atoms with E-state index in [9.17, 15) is 9.18 Å². The predicted octanol–water partition coefficient (Wildman–Crippen LogP) is 3.86. The molecular weight excluding hydrogens is 407 g/mol. The molecule has 1 aliphatic heterocycles. The van der Waals surface area contributed by atoms with Gasteiger partial charge in [0.2, 0.25) is 0 Å². The van der Waals surface area contributed by atoms with Crippen LogP contribution in [0.15, 0.2) is 42.6 Å². The third-order valence-electron chi connectivity index (χ3n) is 6.98. The Morgan fingerprint density at radius 1 is 1.19 bits per heavy atom. The van der Waals surface area contributed by atoms with Crippen molar-refractivity contribution in [2.75, 3.05) is 19.7 Å². The zero-order valence-corrected chi connectivity index (χ0v) is 18.4. The van der Waals surface area contributed by atoms with E-state index in [-0.39, 0.29) is 23.3 Å². The van der Waals surface area contributed by atoms with E-state index in [1.54, 1.807) is 6.07 Å². The molecule has 2 heterocycles. The first kappa shape index (κ1) is 21.2. The van der Waals surface area contributed by atoms with Crippen molar-refractivity contribution in [3.8, 4) is 5.75 Å². The van der Waals surface area contributed by atoms with Gasteiger partial charge < -0.3 is 20.3 Å². The van der Waals surface area contributed by atoms with E-state index < -0.39 is 0 Å². The van der Waals surface area contributed by atoms with E-state index in [1.807, 2.05) is 29.2 Å². The molecule has 7 heteroatoms. The molecule has 2 aliphatic carbocycles. The first-order valence-electron chi connectivity index (χ1n) is 11.7. The fraction of sp³-hybridized carbons (Fsp3) is 0.520. The van der Waals surface area contributed by atoms with Gasteiger partial charge in [-0.05, 0) is 74.4 Å². The van der Waals surface area contributed by atoms with Crippen LogP contribution in [0.4, 0.5) is 9.18 Å². The molecule has 0 bridgehead atoms. The van der Waals surface area contributed by atoms with Crippen LogP contribution in [-0.4, -0.2) is 41.7 Å². The summed E-state index contributed by atoms with van der Waals surface area (Å²) in [7, 11) is 0. The van der Waals surface area contributed by atoms with E-state index >= 15 is 0 Å². The highest BCUT2D eigenvalue weighted by molar-refractivity contribution is 5.74. The normalized spacial score (nSPS) is 21.2. The van der Waals surface area contributed by atoms with E-state index in [1.165, 1.54) is 25.1 Å². The van der Waals surface area contributed by atoms with Crippen molar-refractivity contribution in [2.24, 2.45) is 11.3 Å². The number of nitrogens with zero attached hydrogens (tertiary/aromatic N) is 2. The Bertz CT molecular complexity index is 926. The molecule has 1 unspecified atom stereocenters. The van der Waals surface area contributed by atoms with Crippen LogP contribution >= 0.6 is 0 Å². The Kier molecular flexibility index (Phi) is 6.00. The van der Waals surface area contributed by atoms with Crippen molar-refractivity contribution in [1.82, 2.24) is 20.5 Å². The van der Waals surface area contributed by atoms with E-state index in [4.69, 9.17) is 4.74 Å². The van der Waals surface area contributed by atoms with Crippen LogP contribution in [-0.2, 0) is 13.1 Å². The number of halogens is 1. The molecule has 2 amide bonds. The number of piperidine rings is 1. The maximum Gasteiger partial charge on any atom is 0.318 e. The summed E-state index contributed by atoms with van der Waals surface area (Å²) in [4.78, 5) is 19.4. The lowest BCUT2D eigenvalue weighted by Gasteiger charge is -2.40. The third-order valence-corrected chi connectivity index (χ3v) is 6.98. The molecule has 1 saturated heterocycles. The third kappa shape index (κ3) is 5.04. The minimum absolute atomic E-state index is 0.0941. The van der Waals surface area contributed by atoms with Gasteiger partial charge in [-0.3, -0.25) is 4.98 Å². The molecule has 3 aliphatic rings. The molecule has 170 valence electrons. The van der Waals surface area contributed by atoms with Crippen LogP contribution in [0.5, 0.6) is 5.75 Å². The van der Waals surface area contributed by atoms with Crippen molar-refractivity contribution in [1.29, 1.82) is 0 Å². The summed E-state index contributed by atoms with van der Waals surface area (Å²) in [6.45, 7) is 3.47. The molecule has 3 fully saturated rings. The van der Waals surface area contributed by atoms with Gasteiger partial charge in [-0.25, -0.2) is 9.18 Å². The monoisotopic (exact) mass is 438 g/mol. The number of carbonyl (C=O) groups is 1. The number of nitrogens with one attached hydrogen (secondary N) is 2. The first-order valence-corrected chi connectivity index (χ1v) is 11.7. The average Bonchev–Trinajstić information content (AvgIpc) is 3.75. The number of carbonyl (C=O) groups excluding carboxylic acids is 1. The van der Waals surface area contributed by atoms with Crippen molar-refractivity contribution in [3.63, 3.8) is 0 Å². The number of aromatic nitrogens is 1. The molecule has 5 rings (SSSR count). The van der Waals surface area contributed by atoms with Gasteiger partial charge in [0.15, 0.2) is 0 Å². The molecule has 0 radical (unpaired) electrons. The summed E-state index contributed by atoms with van der Waals surface area (Å²) in [6.07, 6.45) is 6.94. The van der Waals surface area contributed by atoms with Crippen molar-refractivity contribution in [2.45, 2.75) is 51.2 Å². The molecule has 1 aromatic carbocycles. The van der Waals surface area contributed by atoms with Crippen LogP contribution in [0.25, 0.3) is 0 Å². The Labute approximate surface area is 188 Å². The second-order valence-corrected chi connectivity index (χ2v) is 9.50. The fourth-order valence-corrected chi connectivity index (χ4v) is 4.64. The highest BCUT2D eigenvalue weighted by Gasteiger charge is 2.53. The van der Waals surface area contributed by atoms with Gasteiger partial charge >= 0.3 is 6.03 Å². The summed E-state index contributed by atoms with van der Waals surface area (Å²) in [5.74, 6) is 1.23. The zero-order chi connectivity index (χ0) is 22.0. The number of urea groups is 1. The van der Waals surface area contributed by atoms with Gasteiger partial charge in [-0.1, -0.05) is 12.1 Å². The van der Waals surface area contributed by atoms with Crippen molar-refractivity contribution >= 4 is 6.03 Å². The van der Waals surface area contributed by atoms with Crippen LogP contribution in [0.3, 0.4) is 0 Å². The van der Waals surface area contributed by atoms with Crippen LogP contribution in [0.2, 0.25) is 0 Å². The SMILES string of the molecule is O=C(NCc1ccc(OCC2CC2)cc1)N(Cc1ccc(F)cn1)C1CCNCC12CC2. The lowest BCUT2D eigenvalue weighted by Crippen LogP contribution is -2.55. The van der Waals surface area contributed by atoms with Gasteiger partial charge in [0.1, 0.15) is 11.6 Å². The Morgan fingerprint density at radius 2 is 2.00 bits per heavy atom. The molecule has 1 aromatic heterocycles. The summed E-state index contributed by atoms with van der Waals surface area (Å²) < 4.78 is 19.1. The second kappa shape index (κ2) is 9.06. The molecule has 2 aromatic rings. The topological polar surface area (TPSA) is 66.5 Å². The molecule has 6 nitrogen and oxygen atoms in total. The van der Waals surface area contributed by atoms with E-state index in [0.717, 1.165) is 56.2 Å². The number of hydrogen-bond acceptors (Lipinski definition) is 4. The van der Waals surface area contributed by atoms with Crippen LogP contribution < -0.4 is 15.4 Å². The molecule has 1 atom stereocenters. The molecular formula is C25H31FN4O2. The minimum Gasteiger partial charge on any atom is -0.493 e. The number of rotatable bonds is 8. The average molecular weight is 439 g/mol. The van der Waals surface area contributed by atoms with Gasteiger partial charge in [-0.15, -0.1) is 0 Å². The summed E-state index contributed by atoms with van der Waals surface area (Å²) in [5, 5.41) is 6.58. The van der Waals surface area contributed by atoms with Crippen LogP contribution in [0, 0.1) is 17.2 Å². The van der Waals surface area contributed by atoms with Crippen molar-refractivity contribution in [3.05, 3.63) is 59.7 Å². The largest absolute Gasteiger partial charge is 0.493 e. The standard InChI is InChI=1S/C25H31FN4O2/c26-20-5-6-21(28-14-20)15-30(23-9-12-27-17-25(23)10-11-25)24(31)29-13-18-3-7-22(8-4-18)32-16-19-1-2-19/h3-8,14,19,23,27H,1-2,9-13,15-17H2,(H,29,31). The van der Waals surface area contributed by atoms with E-state index in [2.05, 4.69) is 15.6 Å². The number of hydrogen-bond donors (Lipinski definition) is 2. The van der Waals surface area contributed by atoms with Crippen molar-refractivity contribution < 1.29 is 13.9 Å². The smallest absolute Gasteiger partial charge is 0.318 e. The van der Waals surface area contributed by atoms with Gasteiger partial charge in [-0.2, -0.15) is 0 Å². The predicted molar refractivity (Wildman–Crippen MR) is 120 cm³/mol. The van der Waals surface area contributed by atoms with E-state index in [0.29, 0.717) is 18.8 Å². The Balaban J connectivity index is 1.24. The van der Waals surface area contributed by atoms with Gasteiger partial charge in [0, 0.05) is 24.5 Å². The molecule has 2 saturated carbocycles. The highest BCUT2D eigenvalue weighted by atomic mass is 19.1. The van der Waals surface area contributed by atoms with Gasteiger partial charge in [0.25, 0.3) is 0 Å². The quantitative estimate of drug-likeness (QED) is 0.657. The molecule has 1 spiro atoms. The summed E-state index contributed by atoms with van der Waals surface area (Å²) in [6, 6.07) is 11.1. The lowest BCUT2D eigenvalue weighted by atomic mass is 9.88. The number of amides is 2.